The Morgan fingerprint density at radius 1 is 1.36 bits per heavy atom. The first-order chi connectivity index (χ1) is 6.83. The molecule has 1 aromatic carbocycles. The Bertz CT molecular complexity index is 238. The van der Waals surface area contributed by atoms with Crippen LogP contribution in [0.5, 0.6) is 0 Å². The van der Waals surface area contributed by atoms with E-state index in [9.17, 15) is 5.11 Å². The van der Waals surface area contributed by atoms with E-state index in [1.54, 1.807) is 7.11 Å². The van der Waals surface area contributed by atoms with Gasteiger partial charge >= 0.3 is 0 Å². The molecule has 0 bridgehead atoms. The van der Waals surface area contributed by atoms with Crippen molar-refractivity contribution < 1.29 is 9.84 Å². The lowest BCUT2D eigenvalue weighted by molar-refractivity contribution is 0.0644. The van der Waals surface area contributed by atoms with Crippen molar-refractivity contribution in [1.29, 1.82) is 0 Å². The largest absolute Gasteiger partial charge is 0.389 e. The minimum absolute atomic E-state index is 0.377. The molecule has 0 aromatic heterocycles. The smallest absolute Gasteiger partial charge is 0.0897 e. The third kappa shape index (κ3) is 4.37. The Kier molecular flexibility index (Phi) is 5.22. The maximum atomic E-state index is 9.34. The van der Waals surface area contributed by atoms with Gasteiger partial charge in [0.25, 0.3) is 0 Å². The molecule has 3 heteroatoms. The van der Waals surface area contributed by atoms with Crippen molar-refractivity contribution in [3.05, 3.63) is 35.9 Å². The predicted octanol–water partition coefficient (Wildman–Crippen LogP) is 0.783. The molecular weight excluding hydrogens is 178 g/mol. The Labute approximate surface area is 84.7 Å². The molecule has 1 rings (SSSR count). The molecule has 0 saturated heterocycles. The second-order valence-corrected chi connectivity index (χ2v) is 3.23. The molecule has 1 atom stereocenters. The topological polar surface area (TPSA) is 41.5 Å². The van der Waals surface area contributed by atoms with Crippen molar-refractivity contribution in [3.8, 4) is 0 Å². The first-order valence-corrected chi connectivity index (χ1v) is 4.74. The molecule has 3 nitrogen and oxygen atoms in total. The highest BCUT2D eigenvalue weighted by molar-refractivity contribution is 5.14. The minimum atomic E-state index is -0.427. The summed E-state index contributed by atoms with van der Waals surface area (Å²) in [5.41, 5.74) is 1.22. The van der Waals surface area contributed by atoms with Gasteiger partial charge in [-0.1, -0.05) is 30.3 Å². The van der Waals surface area contributed by atoms with Crippen LogP contribution in [0.4, 0.5) is 0 Å². The summed E-state index contributed by atoms with van der Waals surface area (Å²) in [6, 6.07) is 10.1. The van der Waals surface area contributed by atoms with Gasteiger partial charge in [0.1, 0.15) is 0 Å². The van der Waals surface area contributed by atoms with E-state index in [0.29, 0.717) is 13.2 Å². The fraction of sp³-hybridized carbons (Fsp3) is 0.455. The zero-order valence-corrected chi connectivity index (χ0v) is 8.44. The number of rotatable bonds is 6. The van der Waals surface area contributed by atoms with Gasteiger partial charge in [0, 0.05) is 20.2 Å². The lowest BCUT2D eigenvalue weighted by Crippen LogP contribution is -2.29. The van der Waals surface area contributed by atoms with Gasteiger partial charge in [0.2, 0.25) is 0 Å². The van der Waals surface area contributed by atoms with Crippen LogP contribution in [0.25, 0.3) is 0 Å². The van der Waals surface area contributed by atoms with Crippen LogP contribution in [-0.4, -0.2) is 31.5 Å². The number of aliphatic hydroxyl groups is 1. The third-order valence-electron chi connectivity index (χ3n) is 1.91. The van der Waals surface area contributed by atoms with E-state index < -0.39 is 6.10 Å². The summed E-state index contributed by atoms with van der Waals surface area (Å²) in [6.45, 7) is 1.71. The maximum Gasteiger partial charge on any atom is 0.0897 e. The summed E-state index contributed by atoms with van der Waals surface area (Å²) >= 11 is 0. The summed E-state index contributed by atoms with van der Waals surface area (Å²) in [5, 5.41) is 12.5. The average Bonchev–Trinajstić information content (AvgIpc) is 2.20. The van der Waals surface area contributed by atoms with Crippen LogP contribution in [0.2, 0.25) is 0 Å². The van der Waals surface area contributed by atoms with Gasteiger partial charge in [0.05, 0.1) is 12.7 Å². The summed E-state index contributed by atoms with van der Waals surface area (Å²) in [6.07, 6.45) is -0.427. The lowest BCUT2D eigenvalue weighted by atomic mass is 10.2. The highest BCUT2D eigenvalue weighted by atomic mass is 16.5. The standard InChI is InChI=1S/C11H17NO2/c1-14-9-11(13)8-12-7-10-5-3-2-4-6-10/h2-6,11-13H,7-9H2,1H3. The Morgan fingerprint density at radius 3 is 2.71 bits per heavy atom. The fourth-order valence-electron chi connectivity index (χ4n) is 1.23. The SMILES string of the molecule is COCC(O)CNCc1ccccc1. The molecule has 14 heavy (non-hydrogen) atoms. The van der Waals surface area contributed by atoms with Crippen LogP contribution >= 0.6 is 0 Å². The molecular formula is C11H17NO2. The van der Waals surface area contributed by atoms with E-state index >= 15 is 0 Å². The van der Waals surface area contributed by atoms with E-state index in [1.165, 1.54) is 5.56 Å². The highest BCUT2D eigenvalue weighted by Crippen LogP contribution is 1.96. The maximum absolute atomic E-state index is 9.34. The molecule has 0 aliphatic heterocycles. The number of methoxy groups -OCH3 is 1. The molecule has 0 spiro atoms. The highest BCUT2D eigenvalue weighted by Gasteiger charge is 2.01. The van der Waals surface area contributed by atoms with Gasteiger partial charge in [-0.2, -0.15) is 0 Å². The number of hydrogen-bond donors (Lipinski definition) is 2. The van der Waals surface area contributed by atoms with Gasteiger partial charge < -0.3 is 15.2 Å². The third-order valence-corrected chi connectivity index (χ3v) is 1.91. The number of ether oxygens (including phenoxy) is 1. The van der Waals surface area contributed by atoms with Gasteiger partial charge in [-0.05, 0) is 5.56 Å². The van der Waals surface area contributed by atoms with Crippen LogP contribution in [0.1, 0.15) is 5.56 Å². The van der Waals surface area contributed by atoms with Crippen molar-refractivity contribution in [2.24, 2.45) is 0 Å². The molecule has 1 aromatic rings. The number of aliphatic hydroxyl groups excluding tert-OH is 1. The normalized spacial score (nSPS) is 12.7. The van der Waals surface area contributed by atoms with Crippen molar-refractivity contribution >= 4 is 0 Å². The summed E-state index contributed by atoms with van der Waals surface area (Å²) in [5.74, 6) is 0. The van der Waals surface area contributed by atoms with E-state index in [0.717, 1.165) is 6.54 Å². The number of nitrogens with one attached hydrogen (secondary N) is 1. The summed E-state index contributed by atoms with van der Waals surface area (Å²) < 4.78 is 4.82. The lowest BCUT2D eigenvalue weighted by Gasteiger charge is -2.10. The Hall–Kier alpha value is -0.900. The average molecular weight is 195 g/mol. The second-order valence-electron chi connectivity index (χ2n) is 3.23. The van der Waals surface area contributed by atoms with Crippen LogP contribution in [-0.2, 0) is 11.3 Å². The monoisotopic (exact) mass is 195 g/mol. The van der Waals surface area contributed by atoms with Gasteiger partial charge in [-0.25, -0.2) is 0 Å². The Morgan fingerprint density at radius 2 is 2.07 bits per heavy atom. The van der Waals surface area contributed by atoms with Gasteiger partial charge in [-0.3, -0.25) is 0 Å². The van der Waals surface area contributed by atoms with E-state index in [1.807, 2.05) is 18.2 Å². The molecule has 1 unspecified atom stereocenters. The first kappa shape index (κ1) is 11.2. The van der Waals surface area contributed by atoms with Crippen molar-refractivity contribution in [1.82, 2.24) is 5.32 Å². The molecule has 0 radical (unpaired) electrons. The Balaban J connectivity index is 2.16. The van der Waals surface area contributed by atoms with Crippen LogP contribution in [0, 0.1) is 0 Å². The predicted molar refractivity (Wildman–Crippen MR) is 56.0 cm³/mol. The molecule has 0 amide bonds. The molecule has 0 saturated carbocycles. The zero-order chi connectivity index (χ0) is 10.2. The number of benzene rings is 1. The quantitative estimate of drug-likeness (QED) is 0.705. The van der Waals surface area contributed by atoms with Crippen LogP contribution in [0.3, 0.4) is 0 Å². The fourth-order valence-corrected chi connectivity index (χ4v) is 1.23. The van der Waals surface area contributed by atoms with Crippen molar-refractivity contribution in [2.45, 2.75) is 12.6 Å². The zero-order valence-electron chi connectivity index (χ0n) is 8.44. The summed E-state index contributed by atoms with van der Waals surface area (Å²) in [4.78, 5) is 0. The molecule has 2 N–H and O–H groups in total. The molecule has 0 heterocycles. The molecule has 0 fully saturated rings. The van der Waals surface area contributed by atoms with Crippen LogP contribution < -0.4 is 5.32 Å². The van der Waals surface area contributed by atoms with Crippen molar-refractivity contribution in [2.75, 3.05) is 20.3 Å². The summed E-state index contributed by atoms with van der Waals surface area (Å²) in [7, 11) is 1.58. The minimum Gasteiger partial charge on any atom is -0.389 e. The van der Waals surface area contributed by atoms with Crippen molar-refractivity contribution in [3.63, 3.8) is 0 Å². The van der Waals surface area contributed by atoms with E-state index in [4.69, 9.17) is 4.74 Å². The first-order valence-electron chi connectivity index (χ1n) is 4.74. The molecule has 0 aliphatic carbocycles. The van der Waals surface area contributed by atoms with Gasteiger partial charge in [-0.15, -0.1) is 0 Å². The number of hydrogen-bond acceptors (Lipinski definition) is 3. The van der Waals surface area contributed by atoms with E-state index in [2.05, 4.69) is 17.4 Å². The molecule has 0 aliphatic rings. The molecule has 78 valence electrons. The van der Waals surface area contributed by atoms with E-state index in [-0.39, 0.29) is 0 Å². The second kappa shape index (κ2) is 6.54. The van der Waals surface area contributed by atoms with Crippen LogP contribution in [0.15, 0.2) is 30.3 Å². The van der Waals surface area contributed by atoms with Gasteiger partial charge in [0.15, 0.2) is 0 Å².